The highest BCUT2D eigenvalue weighted by Crippen LogP contribution is 2.24. The topological polar surface area (TPSA) is 66.6 Å². The highest BCUT2D eigenvalue weighted by atomic mass is 32.1. The van der Waals surface area contributed by atoms with Crippen molar-refractivity contribution in [2.75, 3.05) is 20.6 Å². The highest BCUT2D eigenvalue weighted by Gasteiger charge is 2.25. The quantitative estimate of drug-likeness (QED) is 0.423. The maximum Gasteiger partial charge on any atom is 0.274 e. The van der Waals surface area contributed by atoms with Gasteiger partial charge in [0.25, 0.3) is 5.91 Å². The third-order valence-corrected chi connectivity index (χ3v) is 6.34. The second-order valence-electron chi connectivity index (χ2n) is 7.65. The van der Waals surface area contributed by atoms with Gasteiger partial charge in [-0.2, -0.15) is 0 Å². The lowest BCUT2D eigenvalue weighted by atomic mass is 10.1. The second-order valence-corrected chi connectivity index (χ2v) is 8.52. The fourth-order valence-corrected chi connectivity index (χ4v) is 4.26. The maximum absolute atomic E-state index is 13.3. The minimum atomic E-state index is -0.0510. The Kier molecular flexibility index (Phi) is 6.39. The van der Waals surface area contributed by atoms with Crippen LogP contribution in [0.15, 0.2) is 60.5 Å². The summed E-state index contributed by atoms with van der Waals surface area (Å²) in [5, 5.41) is 1.99. The van der Waals surface area contributed by atoms with Gasteiger partial charge in [0, 0.05) is 44.0 Å². The molecule has 7 nitrogen and oxygen atoms in total. The molecule has 31 heavy (non-hydrogen) atoms. The Morgan fingerprint density at radius 3 is 2.74 bits per heavy atom. The zero-order chi connectivity index (χ0) is 21.8. The Labute approximate surface area is 186 Å². The number of nitrogens with zero attached hydrogens (tertiary/aromatic N) is 6. The molecule has 1 aromatic carbocycles. The van der Waals surface area contributed by atoms with Crippen LogP contribution < -0.4 is 0 Å². The number of fused-ring (bicyclic) bond motifs is 1. The van der Waals surface area contributed by atoms with Gasteiger partial charge in [-0.25, -0.2) is 15.0 Å². The SMILES string of the molecule is C[C@@H](c1ccncn1)N(C)Cc1c(C(=O)N(C)CCc2ccccc2)nc2sccn12. The number of aromatic nitrogens is 4. The molecule has 4 aromatic rings. The molecule has 0 saturated carbocycles. The molecule has 4 rings (SSSR count). The summed E-state index contributed by atoms with van der Waals surface area (Å²) < 4.78 is 2.02. The molecule has 160 valence electrons. The molecule has 1 amide bonds. The molecule has 3 heterocycles. The van der Waals surface area contributed by atoms with Crippen LogP contribution in [0.3, 0.4) is 0 Å². The van der Waals surface area contributed by atoms with Crippen molar-refractivity contribution in [3.63, 3.8) is 0 Å². The molecule has 0 aliphatic rings. The van der Waals surface area contributed by atoms with E-state index in [4.69, 9.17) is 0 Å². The molecule has 3 aromatic heterocycles. The molecular weight excluding hydrogens is 408 g/mol. The normalized spacial score (nSPS) is 12.4. The van der Waals surface area contributed by atoms with Gasteiger partial charge < -0.3 is 4.90 Å². The number of benzene rings is 1. The molecule has 0 spiro atoms. The van der Waals surface area contributed by atoms with Gasteiger partial charge in [0.05, 0.1) is 11.4 Å². The van der Waals surface area contributed by atoms with E-state index < -0.39 is 0 Å². The Morgan fingerprint density at radius 2 is 2.00 bits per heavy atom. The first-order valence-electron chi connectivity index (χ1n) is 10.2. The second kappa shape index (κ2) is 9.36. The van der Waals surface area contributed by atoms with Gasteiger partial charge in [-0.3, -0.25) is 14.1 Å². The van der Waals surface area contributed by atoms with Crippen molar-refractivity contribution in [3.8, 4) is 0 Å². The Hall–Kier alpha value is -3.10. The van der Waals surface area contributed by atoms with Crippen LogP contribution in [0, 0.1) is 0 Å². The van der Waals surface area contributed by atoms with Gasteiger partial charge in [0.2, 0.25) is 0 Å². The number of thiazole rings is 1. The number of carbonyl (C=O) groups excluding carboxylic acids is 1. The average Bonchev–Trinajstić information content (AvgIpc) is 3.40. The number of imidazole rings is 1. The van der Waals surface area contributed by atoms with Gasteiger partial charge in [-0.05, 0) is 32.0 Å². The van der Waals surface area contributed by atoms with Crippen molar-refractivity contribution in [3.05, 3.63) is 83.1 Å². The van der Waals surface area contributed by atoms with Gasteiger partial charge in [0.15, 0.2) is 10.7 Å². The monoisotopic (exact) mass is 434 g/mol. The first-order chi connectivity index (χ1) is 15.0. The van der Waals surface area contributed by atoms with Crippen molar-refractivity contribution in [2.45, 2.75) is 25.9 Å². The molecule has 0 fully saturated rings. The van der Waals surface area contributed by atoms with Crippen LogP contribution in [-0.2, 0) is 13.0 Å². The molecule has 0 aliphatic heterocycles. The van der Waals surface area contributed by atoms with Crippen molar-refractivity contribution >= 4 is 22.2 Å². The van der Waals surface area contributed by atoms with Gasteiger partial charge in [0.1, 0.15) is 6.33 Å². The molecule has 8 heteroatoms. The van der Waals surface area contributed by atoms with Crippen LogP contribution >= 0.6 is 11.3 Å². The number of carbonyl (C=O) groups is 1. The Balaban J connectivity index is 1.53. The number of likely N-dealkylation sites (N-methyl/N-ethyl adjacent to an activating group) is 1. The van der Waals surface area contributed by atoms with E-state index in [1.807, 2.05) is 54.3 Å². The Morgan fingerprint density at radius 1 is 1.19 bits per heavy atom. The van der Waals surface area contributed by atoms with Crippen LogP contribution in [0.4, 0.5) is 0 Å². The van der Waals surface area contributed by atoms with E-state index in [9.17, 15) is 4.79 Å². The molecule has 0 saturated heterocycles. The summed E-state index contributed by atoms with van der Waals surface area (Å²) in [6.45, 7) is 3.32. The minimum absolute atomic E-state index is 0.0510. The van der Waals surface area contributed by atoms with Crippen LogP contribution in [0.5, 0.6) is 0 Å². The molecular formula is C23H26N6OS. The minimum Gasteiger partial charge on any atom is -0.340 e. The zero-order valence-corrected chi connectivity index (χ0v) is 18.8. The largest absolute Gasteiger partial charge is 0.340 e. The van der Waals surface area contributed by atoms with E-state index in [2.05, 4.69) is 38.9 Å². The molecule has 0 bridgehead atoms. The van der Waals surface area contributed by atoms with Crippen LogP contribution in [0.1, 0.15) is 40.4 Å². The fourth-order valence-electron chi connectivity index (χ4n) is 3.53. The first-order valence-corrected chi connectivity index (χ1v) is 11.1. The predicted molar refractivity (Wildman–Crippen MR) is 122 cm³/mol. The Bertz CT molecular complexity index is 1140. The van der Waals surface area contributed by atoms with E-state index >= 15 is 0 Å². The lowest BCUT2D eigenvalue weighted by Crippen LogP contribution is -2.31. The smallest absolute Gasteiger partial charge is 0.274 e. The van der Waals surface area contributed by atoms with Crippen molar-refractivity contribution in [2.24, 2.45) is 0 Å². The molecule has 1 atom stereocenters. The summed E-state index contributed by atoms with van der Waals surface area (Å²) >= 11 is 1.54. The van der Waals surface area contributed by atoms with E-state index in [0.717, 1.165) is 22.8 Å². The fraction of sp³-hybridized carbons (Fsp3) is 0.304. The lowest BCUT2D eigenvalue weighted by Gasteiger charge is -2.24. The maximum atomic E-state index is 13.3. The van der Waals surface area contributed by atoms with Crippen LogP contribution in [0.2, 0.25) is 0 Å². The third-order valence-electron chi connectivity index (χ3n) is 5.58. The van der Waals surface area contributed by atoms with E-state index in [-0.39, 0.29) is 11.9 Å². The predicted octanol–water partition coefficient (Wildman–Crippen LogP) is 3.69. The number of hydrogen-bond acceptors (Lipinski definition) is 6. The van der Waals surface area contributed by atoms with Crippen molar-refractivity contribution < 1.29 is 4.79 Å². The van der Waals surface area contributed by atoms with Crippen molar-refractivity contribution in [1.82, 2.24) is 29.2 Å². The number of hydrogen-bond donors (Lipinski definition) is 0. The first kappa shape index (κ1) is 21.1. The summed E-state index contributed by atoms with van der Waals surface area (Å²) in [4.78, 5) is 31.1. The van der Waals surface area contributed by atoms with Gasteiger partial charge in [-0.1, -0.05) is 30.3 Å². The standard InChI is InChI=1S/C23H26N6OS/c1-17(19-9-11-24-16-25-19)28(3)15-20-21(26-23-29(20)13-14-31-23)22(30)27(2)12-10-18-7-5-4-6-8-18/h4-9,11,13-14,16-17H,10,12,15H2,1-3H3/t17-/m0/s1. The van der Waals surface area contributed by atoms with Gasteiger partial charge >= 0.3 is 0 Å². The average molecular weight is 435 g/mol. The van der Waals surface area contributed by atoms with E-state index in [1.54, 1.807) is 17.4 Å². The summed E-state index contributed by atoms with van der Waals surface area (Å²) in [5.41, 5.74) is 3.57. The van der Waals surface area contributed by atoms with E-state index in [0.29, 0.717) is 18.8 Å². The van der Waals surface area contributed by atoms with Crippen LogP contribution in [-0.4, -0.2) is 55.7 Å². The lowest BCUT2D eigenvalue weighted by molar-refractivity contribution is 0.0788. The molecule has 0 unspecified atom stereocenters. The van der Waals surface area contributed by atoms with Gasteiger partial charge in [-0.15, -0.1) is 11.3 Å². The zero-order valence-electron chi connectivity index (χ0n) is 18.0. The number of amides is 1. The molecule has 0 N–H and O–H groups in total. The highest BCUT2D eigenvalue weighted by molar-refractivity contribution is 7.15. The number of rotatable bonds is 8. The van der Waals surface area contributed by atoms with E-state index in [1.165, 1.54) is 16.9 Å². The summed E-state index contributed by atoms with van der Waals surface area (Å²) in [6, 6.07) is 12.2. The summed E-state index contributed by atoms with van der Waals surface area (Å²) in [6.07, 6.45) is 6.10. The molecule has 0 radical (unpaired) electrons. The summed E-state index contributed by atoms with van der Waals surface area (Å²) in [7, 11) is 3.88. The van der Waals surface area contributed by atoms with Crippen molar-refractivity contribution in [1.29, 1.82) is 0 Å². The molecule has 0 aliphatic carbocycles. The van der Waals surface area contributed by atoms with Crippen LogP contribution in [0.25, 0.3) is 4.96 Å². The summed E-state index contributed by atoms with van der Waals surface area (Å²) in [5.74, 6) is -0.0510. The third kappa shape index (κ3) is 4.65.